The predicted octanol–water partition coefficient (Wildman–Crippen LogP) is 3.19. The Bertz CT molecular complexity index is 756. The number of carbonyl (C=O) groups is 4. The first-order valence-electron chi connectivity index (χ1n) is 11.9. The van der Waals surface area contributed by atoms with E-state index in [0.717, 1.165) is 56.5 Å². The molecule has 0 saturated carbocycles. The van der Waals surface area contributed by atoms with Gasteiger partial charge in [-0.2, -0.15) is 0 Å². The summed E-state index contributed by atoms with van der Waals surface area (Å²) in [6.45, 7) is 5.97. The highest BCUT2D eigenvalue weighted by Crippen LogP contribution is 2.15. The van der Waals surface area contributed by atoms with Crippen LogP contribution in [0.4, 0.5) is 0 Å². The van der Waals surface area contributed by atoms with Crippen molar-refractivity contribution in [2.45, 2.75) is 71.3 Å². The molecule has 1 aromatic rings. The smallest absolute Gasteiger partial charge is 0.252 e. The highest BCUT2D eigenvalue weighted by Gasteiger charge is 2.36. The number of nitrogens with zero attached hydrogens (tertiary/aromatic N) is 2. The van der Waals surface area contributed by atoms with E-state index in [4.69, 9.17) is 0 Å². The lowest BCUT2D eigenvalue weighted by Crippen LogP contribution is -2.56. The minimum absolute atomic E-state index is 0.134. The fourth-order valence-electron chi connectivity index (χ4n) is 3.88. The van der Waals surface area contributed by atoms with Crippen molar-refractivity contribution in [1.82, 2.24) is 15.1 Å². The summed E-state index contributed by atoms with van der Waals surface area (Å²) < 4.78 is 0. The van der Waals surface area contributed by atoms with E-state index in [-0.39, 0.29) is 43.5 Å². The predicted molar refractivity (Wildman–Crippen MR) is 124 cm³/mol. The molecular weight excluding hydrogens is 406 g/mol. The number of nitrogens with one attached hydrogen (secondary N) is 1. The molecule has 0 radical (unpaired) electrons. The van der Waals surface area contributed by atoms with Gasteiger partial charge in [0.2, 0.25) is 11.8 Å². The highest BCUT2D eigenvalue weighted by atomic mass is 16.2. The zero-order valence-corrected chi connectivity index (χ0v) is 19.5. The molecule has 0 aromatic heterocycles. The van der Waals surface area contributed by atoms with Crippen LogP contribution in [0.1, 0.15) is 75.6 Å². The lowest BCUT2D eigenvalue weighted by molar-refractivity contribution is -0.150. The molecule has 1 saturated heterocycles. The van der Waals surface area contributed by atoms with Gasteiger partial charge in [-0.3, -0.25) is 29.0 Å². The standard InChI is InChI=1S/C25H37N3O4/c1-3-5-10-16-27(17-11-6-4-2)19-23(30)26-21-14-15-24(31)28(25(21)32)18-22(29)20-12-8-7-9-13-20/h7-9,12-13,21H,3-6,10-11,14-19H2,1-2H3,(H,26,30). The van der Waals surface area contributed by atoms with E-state index < -0.39 is 11.9 Å². The Morgan fingerprint density at radius 2 is 1.62 bits per heavy atom. The minimum atomic E-state index is -0.767. The third kappa shape index (κ3) is 8.19. The molecule has 1 N–H and O–H groups in total. The SMILES string of the molecule is CCCCCN(CCCCC)CC(=O)NC1CCC(=O)N(CC(=O)c2ccccc2)C1=O. The van der Waals surface area contributed by atoms with Gasteiger partial charge in [-0.05, 0) is 32.4 Å². The molecule has 32 heavy (non-hydrogen) atoms. The number of amides is 3. The Hall–Kier alpha value is -2.54. The van der Waals surface area contributed by atoms with Gasteiger partial charge in [-0.15, -0.1) is 0 Å². The summed E-state index contributed by atoms with van der Waals surface area (Å²) in [5, 5.41) is 2.81. The van der Waals surface area contributed by atoms with E-state index >= 15 is 0 Å². The molecule has 1 aliphatic rings. The maximum absolute atomic E-state index is 12.9. The Balaban J connectivity index is 1.93. The Kier molecular flexibility index (Phi) is 11.1. The van der Waals surface area contributed by atoms with Gasteiger partial charge < -0.3 is 5.32 Å². The molecule has 1 heterocycles. The van der Waals surface area contributed by atoms with Crippen LogP contribution in [0, 0.1) is 0 Å². The zero-order chi connectivity index (χ0) is 23.3. The van der Waals surface area contributed by atoms with Crippen LogP contribution in [0.15, 0.2) is 30.3 Å². The third-order valence-corrected chi connectivity index (χ3v) is 5.77. The van der Waals surface area contributed by atoms with Gasteiger partial charge in [0.25, 0.3) is 5.91 Å². The number of hydrogen-bond donors (Lipinski definition) is 1. The summed E-state index contributed by atoms with van der Waals surface area (Å²) in [5.41, 5.74) is 0.453. The molecule has 0 spiro atoms. The van der Waals surface area contributed by atoms with Crippen LogP contribution in [0.2, 0.25) is 0 Å². The van der Waals surface area contributed by atoms with Crippen LogP contribution in [0.5, 0.6) is 0 Å². The molecule has 0 aliphatic carbocycles. The minimum Gasteiger partial charge on any atom is -0.343 e. The normalized spacial score (nSPS) is 16.5. The quantitative estimate of drug-likeness (QED) is 0.271. The number of carbonyl (C=O) groups excluding carboxylic acids is 4. The first-order valence-corrected chi connectivity index (χ1v) is 11.9. The van der Waals surface area contributed by atoms with Gasteiger partial charge in [0.1, 0.15) is 6.04 Å². The molecule has 1 unspecified atom stereocenters. The molecule has 0 bridgehead atoms. The van der Waals surface area contributed by atoms with E-state index in [0.29, 0.717) is 5.56 Å². The average Bonchev–Trinajstić information content (AvgIpc) is 2.79. The van der Waals surface area contributed by atoms with E-state index in [2.05, 4.69) is 24.1 Å². The molecular formula is C25H37N3O4. The van der Waals surface area contributed by atoms with E-state index in [1.54, 1.807) is 30.3 Å². The Labute approximate surface area is 191 Å². The van der Waals surface area contributed by atoms with Gasteiger partial charge in [-0.1, -0.05) is 69.9 Å². The summed E-state index contributed by atoms with van der Waals surface area (Å²) >= 11 is 0. The molecule has 3 amide bonds. The molecule has 1 atom stereocenters. The number of likely N-dealkylation sites (tertiary alicyclic amines) is 1. The molecule has 7 nitrogen and oxygen atoms in total. The van der Waals surface area contributed by atoms with Crippen molar-refractivity contribution in [2.75, 3.05) is 26.2 Å². The number of piperidine rings is 1. The van der Waals surface area contributed by atoms with Gasteiger partial charge in [-0.25, -0.2) is 0 Å². The van der Waals surface area contributed by atoms with Crippen LogP contribution in [0.25, 0.3) is 0 Å². The van der Waals surface area contributed by atoms with Crippen molar-refractivity contribution in [3.63, 3.8) is 0 Å². The van der Waals surface area contributed by atoms with E-state index in [1.807, 2.05) is 0 Å². The monoisotopic (exact) mass is 443 g/mol. The van der Waals surface area contributed by atoms with Crippen LogP contribution in [-0.4, -0.2) is 65.5 Å². The second-order valence-electron chi connectivity index (χ2n) is 8.46. The first kappa shape index (κ1) is 25.7. The summed E-state index contributed by atoms with van der Waals surface area (Å²) in [6.07, 6.45) is 6.98. The molecule has 1 fully saturated rings. The fourth-order valence-corrected chi connectivity index (χ4v) is 3.88. The lowest BCUT2D eigenvalue weighted by Gasteiger charge is -2.31. The molecule has 1 aliphatic heterocycles. The summed E-state index contributed by atoms with van der Waals surface area (Å²) in [5.74, 6) is -1.37. The second-order valence-corrected chi connectivity index (χ2v) is 8.46. The molecule has 2 rings (SSSR count). The van der Waals surface area contributed by atoms with Crippen LogP contribution in [0.3, 0.4) is 0 Å². The Morgan fingerprint density at radius 3 is 2.22 bits per heavy atom. The van der Waals surface area contributed by atoms with Gasteiger partial charge in [0, 0.05) is 12.0 Å². The number of Topliss-reactive ketones (excluding diaryl/α,β-unsaturated/α-hetero) is 1. The first-order chi connectivity index (χ1) is 15.5. The third-order valence-electron chi connectivity index (χ3n) is 5.77. The number of benzene rings is 1. The fraction of sp³-hybridized carbons (Fsp3) is 0.600. The average molecular weight is 444 g/mol. The topological polar surface area (TPSA) is 86.8 Å². The summed E-state index contributed by atoms with van der Waals surface area (Å²) in [7, 11) is 0. The number of ketones is 1. The summed E-state index contributed by atoms with van der Waals surface area (Å²) in [4.78, 5) is 53.5. The second kappa shape index (κ2) is 13.8. The van der Waals surface area contributed by atoms with Crippen molar-refractivity contribution < 1.29 is 19.2 Å². The van der Waals surface area contributed by atoms with E-state index in [9.17, 15) is 19.2 Å². The lowest BCUT2D eigenvalue weighted by atomic mass is 10.0. The largest absolute Gasteiger partial charge is 0.343 e. The molecule has 176 valence electrons. The summed E-state index contributed by atoms with van der Waals surface area (Å²) in [6, 6.07) is 7.83. The van der Waals surface area contributed by atoms with Crippen LogP contribution >= 0.6 is 0 Å². The number of imide groups is 1. The molecule has 1 aromatic carbocycles. The maximum atomic E-state index is 12.9. The van der Waals surface area contributed by atoms with Crippen molar-refractivity contribution in [3.8, 4) is 0 Å². The highest BCUT2D eigenvalue weighted by molar-refractivity contribution is 6.07. The van der Waals surface area contributed by atoms with E-state index in [1.165, 1.54) is 0 Å². The van der Waals surface area contributed by atoms with Crippen molar-refractivity contribution >= 4 is 23.5 Å². The number of unbranched alkanes of at least 4 members (excludes halogenated alkanes) is 4. The van der Waals surface area contributed by atoms with Crippen molar-refractivity contribution in [3.05, 3.63) is 35.9 Å². The van der Waals surface area contributed by atoms with Crippen LogP contribution < -0.4 is 5.32 Å². The Morgan fingerprint density at radius 1 is 1.00 bits per heavy atom. The number of rotatable bonds is 14. The maximum Gasteiger partial charge on any atom is 0.252 e. The molecule has 7 heteroatoms. The van der Waals surface area contributed by atoms with Gasteiger partial charge in [0.05, 0.1) is 13.1 Å². The van der Waals surface area contributed by atoms with Gasteiger partial charge in [0.15, 0.2) is 5.78 Å². The van der Waals surface area contributed by atoms with Crippen molar-refractivity contribution in [2.24, 2.45) is 0 Å². The van der Waals surface area contributed by atoms with Crippen molar-refractivity contribution in [1.29, 1.82) is 0 Å². The van der Waals surface area contributed by atoms with Crippen LogP contribution in [-0.2, 0) is 14.4 Å². The van der Waals surface area contributed by atoms with Gasteiger partial charge >= 0.3 is 0 Å². The zero-order valence-electron chi connectivity index (χ0n) is 19.5. The number of hydrogen-bond acceptors (Lipinski definition) is 5.